The summed E-state index contributed by atoms with van der Waals surface area (Å²) >= 11 is 0. The van der Waals surface area contributed by atoms with Crippen molar-refractivity contribution in [3.8, 4) is 0 Å². The van der Waals surface area contributed by atoms with E-state index < -0.39 is 5.60 Å². The summed E-state index contributed by atoms with van der Waals surface area (Å²) in [5.41, 5.74) is 6.77. The number of likely N-dealkylation sites (tertiary alicyclic amines) is 1. The summed E-state index contributed by atoms with van der Waals surface area (Å²) in [4.78, 5) is 12.9. The number of primary amides is 1. The first kappa shape index (κ1) is 12.5. The van der Waals surface area contributed by atoms with Gasteiger partial charge >= 0.3 is 6.03 Å². The third-order valence-electron chi connectivity index (χ3n) is 4.73. The van der Waals surface area contributed by atoms with Gasteiger partial charge < -0.3 is 15.7 Å². The van der Waals surface area contributed by atoms with E-state index in [0.29, 0.717) is 24.9 Å². The molecule has 1 heterocycles. The molecule has 1 aromatic rings. The van der Waals surface area contributed by atoms with E-state index in [4.69, 9.17) is 5.73 Å². The van der Waals surface area contributed by atoms with Gasteiger partial charge in [0.2, 0.25) is 0 Å². The molecule has 0 aromatic heterocycles. The Balaban J connectivity index is 1.81. The highest BCUT2D eigenvalue weighted by Crippen LogP contribution is 2.49. The summed E-state index contributed by atoms with van der Waals surface area (Å²) in [7, 11) is 0. The first-order valence-corrected chi connectivity index (χ1v) is 6.82. The van der Waals surface area contributed by atoms with E-state index in [2.05, 4.69) is 0 Å². The topological polar surface area (TPSA) is 66.6 Å². The lowest BCUT2D eigenvalue weighted by Crippen LogP contribution is -2.36. The number of hydrogen-bond donors (Lipinski definition) is 2. The predicted octanol–water partition coefficient (Wildman–Crippen LogP) is 1.60. The molecule has 0 radical (unpaired) electrons. The Bertz CT molecular complexity index is 501. The number of amides is 2. The zero-order valence-corrected chi connectivity index (χ0v) is 11.2. The molecule has 3 rings (SSSR count). The molecule has 1 aliphatic heterocycles. The van der Waals surface area contributed by atoms with Crippen LogP contribution >= 0.6 is 0 Å². The number of nitrogens with two attached hydrogens (primary N) is 1. The van der Waals surface area contributed by atoms with Crippen molar-refractivity contribution >= 4 is 6.03 Å². The highest BCUT2D eigenvalue weighted by Gasteiger charge is 2.49. The van der Waals surface area contributed by atoms with Gasteiger partial charge in [-0.1, -0.05) is 24.3 Å². The van der Waals surface area contributed by atoms with Crippen molar-refractivity contribution in [3.63, 3.8) is 0 Å². The molecule has 1 aliphatic carbocycles. The molecule has 4 nitrogen and oxygen atoms in total. The Morgan fingerprint density at radius 3 is 2.42 bits per heavy atom. The lowest BCUT2D eigenvalue weighted by Gasteiger charge is -2.27. The second-order valence-electron chi connectivity index (χ2n) is 6.02. The van der Waals surface area contributed by atoms with Gasteiger partial charge in [-0.05, 0) is 42.7 Å². The third kappa shape index (κ3) is 2.00. The number of carbonyl (C=O) groups is 1. The minimum absolute atomic E-state index is 0.339. The van der Waals surface area contributed by atoms with Gasteiger partial charge in [0.05, 0.1) is 5.60 Å². The maximum atomic E-state index is 11.2. The van der Waals surface area contributed by atoms with Crippen LogP contribution in [-0.4, -0.2) is 29.1 Å². The molecule has 2 unspecified atom stereocenters. The van der Waals surface area contributed by atoms with E-state index in [9.17, 15) is 9.90 Å². The molecule has 1 saturated heterocycles. The van der Waals surface area contributed by atoms with Crippen molar-refractivity contribution in [2.24, 2.45) is 17.6 Å². The SMILES string of the molecule is Cc1ccccc1C1(O)CC2CN(C(N)=O)CC2C1. The smallest absolute Gasteiger partial charge is 0.314 e. The largest absolute Gasteiger partial charge is 0.385 e. The highest BCUT2D eigenvalue weighted by molar-refractivity contribution is 5.72. The second kappa shape index (κ2) is 4.23. The molecule has 0 spiro atoms. The maximum absolute atomic E-state index is 11.2. The minimum Gasteiger partial charge on any atom is -0.385 e. The summed E-state index contributed by atoms with van der Waals surface area (Å²) in [6.07, 6.45) is 1.46. The summed E-state index contributed by atoms with van der Waals surface area (Å²) in [6, 6.07) is 7.69. The van der Waals surface area contributed by atoms with E-state index >= 15 is 0 Å². The van der Waals surface area contributed by atoms with Crippen molar-refractivity contribution in [3.05, 3.63) is 35.4 Å². The van der Waals surface area contributed by atoms with Crippen LogP contribution in [0, 0.1) is 18.8 Å². The molecule has 102 valence electrons. The van der Waals surface area contributed by atoms with Crippen LogP contribution in [0.4, 0.5) is 4.79 Å². The number of nitrogens with zero attached hydrogens (tertiary/aromatic N) is 1. The van der Waals surface area contributed by atoms with Crippen LogP contribution in [-0.2, 0) is 5.60 Å². The third-order valence-corrected chi connectivity index (χ3v) is 4.73. The molecule has 3 N–H and O–H groups in total. The van der Waals surface area contributed by atoms with E-state index in [1.807, 2.05) is 31.2 Å². The van der Waals surface area contributed by atoms with E-state index in [0.717, 1.165) is 24.0 Å². The average Bonchev–Trinajstić information content (AvgIpc) is 2.85. The number of rotatable bonds is 1. The predicted molar refractivity (Wildman–Crippen MR) is 72.4 cm³/mol. The highest BCUT2D eigenvalue weighted by atomic mass is 16.3. The zero-order chi connectivity index (χ0) is 13.6. The molecule has 19 heavy (non-hydrogen) atoms. The monoisotopic (exact) mass is 260 g/mol. The zero-order valence-electron chi connectivity index (χ0n) is 11.2. The molecular weight excluding hydrogens is 240 g/mol. The normalized spacial score (nSPS) is 33.5. The average molecular weight is 260 g/mol. The number of fused-ring (bicyclic) bond motifs is 1. The van der Waals surface area contributed by atoms with Crippen LogP contribution < -0.4 is 5.73 Å². The number of aryl methyl sites for hydroxylation is 1. The maximum Gasteiger partial charge on any atom is 0.314 e. The molecule has 1 aromatic carbocycles. The van der Waals surface area contributed by atoms with Gasteiger partial charge in [-0.15, -0.1) is 0 Å². The standard InChI is InChI=1S/C15H20N2O2/c1-10-4-2-3-5-13(10)15(19)6-11-8-17(14(16)18)9-12(11)7-15/h2-5,11-12,19H,6-9H2,1H3,(H2,16,18). The van der Waals surface area contributed by atoms with Crippen molar-refractivity contribution in [2.45, 2.75) is 25.4 Å². The Morgan fingerprint density at radius 2 is 1.89 bits per heavy atom. The molecule has 2 atom stereocenters. The van der Waals surface area contributed by atoms with Gasteiger partial charge in [0.1, 0.15) is 0 Å². The van der Waals surface area contributed by atoms with Crippen molar-refractivity contribution < 1.29 is 9.90 Å². The summed E-state index contributed by atoms with van der Waals surface area (Å²) in [5.74, 6) is 0.745. The van der Waals surface area contributed by atoms with Crippen LogP contribution in [0.3, 0.4) is 0 Å². The Hall–Kier alpha value is -1.55. The first-order chi connectivity index (χ1) is 8.99. The summed E-state index contributed by atoms with van der Waals surface area (Å²) in [6.45, 7) is 3.42. The lowest BCUT2D eigenvalue weighted by atomic mass is 9.87. The fraction of sp³-hybridized carbons (Fsp3) is 0.533. The van der Waals surface area contributed by atoms with Gasteiger partial charge in [-0.25, -0.2) is 4.79 Å². The van der Waals surface area contributed by atoms with Crippen LogP contribution in [0.5, 0.6) is 0 Å². The van der Waals surface area contributed by atoms with Crippen LogP contribution in [0.2, 0.25) is 0 Å². The fourth-order valence-electron chi connectivity index (χ4n) is 3.85. The summed E-state index contributed by atoms with van der Waals surface area (Å²) in [5, 5.41) is 10.9. The quantitative estimate of drug-likeness (QED) is 0.805. The van der Waals surface area contributed by atoms with Gasteiger partial charge in [0.15, 0.2) is 0 Å². The number of aliphatic hydroxyl groups is 1. The van der Waals surface area contributed by atoms with Gasteiger partial charge in [0, 0.05) is 13.1 Å². The Morgan fingerprint density at radius 1 is 1.32 bits per heavy atom. The van der Waals surface area contributed by atoms with E-state index in [-0.39, 0.29) is 6.03 Å². The lowest BCUT2D eigenvalue weighted by molar-refractivity contribution is 0.0321. The molecule has 4 heteroatoms. The second-order valence-corrected chi connectivity index (χ2v) is 6.02. The minimum atomic E-state index is -0.732. The number of benzene rings is 1. The molecule has 0 bridgehead atoms. The van der Waals surface area contributed by atoms with E-state index in [1.54, 1.807) is 4.90 Å². The fourth-order valence-corrected chi connectivity index (χ4v) is 3.85. The Kier molecular flexibility index (Phi) is 2.78. The Labute approximate surface area is 113 Å². The van der Waals surface area contributed by atoms with Crippen LogP contribution in [0.25, 0.3) is 0 Å². The number of hydrogen-bond acceptors (Lipinski definition) is 2. The first-order valence-electron chi connectivity index (χ1n) is 6.82. The summed E-state index contributed by atoms with van der Waals surface area (Å²) < 4.78 is 0. The molecule has 1 saturated carbocycles. The van der Waals surface area contributed by atoms with Gasteiger partial charge in [0.25, 0.3) is 0 Å². The number of urea groups is 1. The van der Waals surface area contributed by atoms with Gasteiger partial charge in [-0.2, -0.15) is 0 Å². The van der Waals surface area contributed by atoms with Crippen molar-refractivity contribution in [1.29, 1.82) is 0 Å². The van der Waals surface area contributed by atoms with Crippen molar-refractivity contribution in [2.75, 3.05) is 13.1 Å². The molecule has 2 fully saturated rings. The molecule has 2 aliphatic rings. The van der Waals surface area contributed by atoms with Crippen molar-refractivity contribution in [1.82, 2.24) is 4.90 Å². The van der Waals surface area contributed by atoms with Crippen LogP contribution in [0.15, 0.2) is 24.3 Å². The van der Waals surface area contributed by atoms with Gasteiger partial charge in [-0.3, -0.25) is 0 Å². The van der Waals surface area contributed by atoms with Crippen LogP contribution in [0.1, 0.15) is 24.0 Å². The molecular formula is C15H20N2O2. The number of carbonyl (C=O) groups excluding carboxylic acids is 1. The van der Waals surface area contributed by atoms with E-state index in [1.165, 1.54) is 0 Å². The molecule has 2 amide bonds.